The van der Waals surface area contributed by atoms with Gasteiger partial charge in [-0.25, -0.2) is 0 Å². The lowest BCUT2D eigenvalue weighted by molar-refractivity contribution is 0.412. The minimum atomic E-state index is -1.11. The van der Waals surface area contributed by atoms with Crippen molar-refractivity contribution in [1.82, 2.24) is 0 Å². The Kier molecular flexibility index (Phi) is 2.17. The van der Waals surface area contributed by atoms with Crippen LogP contribution in [0.1, 0.15) is 6.42 Å². The smallest absolute Gasteiger partial charge is 0.129 e. The number of hydrogen-bond acceptors (Lipinski definition) is 1. The first kappa shape index (κ1) is 7.84. The second-order valence-electron chi connectivity index (χ2n) is 3.71. The molecule has 56 valence electrons. The van der Waals surface area contributed by atoms with E-state index in [9.17, 15) is 0 Å². The predicted molar refractivity (Wildman–Crippen MR) is 45.5 cm³/mol. The van der Waals surface area contributed by atoms with Gasteiger partial charge in [0.25, 0.3) is 0 Å². The van der Waals surface area contributed by atoms with Crippen molar-refractivity contribution in [3.8, 4) is 11.5 Å². The fraction of sp³-hybridized carbons (Fsp3) is 0.750. The SMILES string of the molecule is C[Si](C)(C)C#CC[C@H]1CO1. The van der Waals surface area contributed by atoms with Crippen LogP contribution in [0.4, 0.5) is 0 Å². The largest absolute Gasteiger partial charge is 0.372 e. The normalized spacial score (nSPS) is 23.3. The van der Waals surface area contributed by atoms with Crippen LogP contribution in [0.15, 0.2) is 0 Å². The topological polar surface area (TPSA) is 12.5 Å². The molecule has 0 aromatic heterocycles. The molecule has 1 atom stereocenters. The Balaban J connectivity index is 2.23. The first-order valence-electron chi connectivity index (χ1n) is 3.69. The van der Waals surface area contributed by atoms with Gasteiger partial charge in [-0.2, -0.15) is 0 Å². The predicted octanol–water partition coefficient (Wildman–Crippen LogP) is 1.66. The van der Waals surface area contributed by atoms with Crippen molar-refractivity contribution in [3.05, 3.63) is 0 Å². The zero-order chi connectivity index (χ0) is 7.61. The van der Waals surface area contributed by atoms with E-state index in [0.717, 1.165) is 13.0 Å². The van der Waals surface area contributed by atoms with E-state index in [1.165, 1.54) is 0 Å². The molecule has 0 aromatic rings. The van der Waals surface area contributed by atoms with Crippen molar-refractivity contribution in [2.75, 3.05) is 6.61 Å². The van der Waals surface area contributed by atoms with Gasteiger partial charge >= 0.3 is 0 Å². The molecule has 1 fully saturated rings. The molecule has 0 N–H and O–H groups in total. The van der Waals surface area contributed by atoms with Crippen LogP contribution in [0.5, 0.6) is 0 Å². The van der Waals surface area contributed by atoms with Crippen LogP contribution in [0.2, 0.25) is 19.6 Å². The van der Waals surface area contributed by atoms with Crippen LogP contribution in [0.25, 0.3) is 0 Å². The molecule has 0 aliphatic carbocycles. The first-order chi connectivity index (χ1) is 4.58. The van der Waals surface area contributed by atoms with Gasteiger partial charge in [0.2, 0.25) is 0 Å². The van der Waals surface area contributed by atoms with Crippen molar-refractivity contribution in [3.63, 3.8) is 0 Å². The number of epoxide rings is 1. The van der Waals surface area contributed by atoms with Crippen LogP contribution in [0.3, 0.4) is 0 Å². The minimum Gasteiger partial charge on any atom is -0.372 e. The van der Waals surface area contributed by atoms with Gasteiger partial charge in [0.05, 0.1) is 12.7 Å². The fourth-order valence-electron chi connectivity index (χ4n) is 0.616. The summed E-state index contributed by atoms with van der Waals surface area (Å²) in [6.07, 6.45) is 1.42. The molecule has 1 nitrogen and oxygen atoms in total. The van der Waals surface area contributed by atoms with E-state index in [1.54, 1.807) is 0 Å². The van der Waals surface area contributed by atoms with E-state index < -0.39 is 8.07 Å². The van der Waals surface area contributed by atoms with Crippen LogP contribution in [0, 0.1) is 11.5 Å². The van der Waals surface area contributed by atoms with Crippen LogP contribution in [-0.2, 0) is 4.74 Å². The second kappa shape index (κ2) is 2.77. The maximum absolute atomic E-state index is 5.04. The molecule has 0 spiro atoms. The quantitative estimate of drug-likeness (QED) is 0.318. The van der Waals surface area contributed by atoms with E-state index in [0.29, 0.717) is 6.10 Å². The Morgan fingerprint density at radius 2 is 2.10 bits per heavy atom. The highest BCUT2D eigenvalue weighted by Gasteiger charge is 2.20. The molecule has 0 unspecified atom stereocenters. The summed E-state index contributed by atoms with van der Waals surface area (Å²) in [4.78, 5) is 0. The standard InChI is InChI=1S/C8H14OSi/c1-10(2,3)6-4-5-8-7-9-8/h8H,5,7H2,1-3H3/t8-/m0/s1. The molecule has 1 aliphatic rings. The Labute approximate surface area is 63.8 Å². The molecular formula is C8H14OSi. The summed E-state index contributed by atoms with van der Waals surface area (Å²) in [7, 11) is -1.11. The van der Waals surface area contributed by atoms with Gasteiger partial charge in [0.15, 0.2) is 0 Å². The molecule has 10 heavy (non-hydrogen) atoms. The van der Waals surface area contributed by atoms with Gasteiger partial charge in [-0.3, -0.25) is 0 Å². The van der Waals surface area contributed by atoms with Gasteiger partial charge in [0.1, 0.15) is 8.07 Å². The molecular weight excluding hydrogens is 140 g/mol. The van der Waals surface area contributed by atoms with Gasteiger partial charge in [-0.15, -0.1) is 11.5 Å². The van der Waals surface area contributed by atoms with E-state index >= 15 is 0 Å². The van der Waals surface area contributed by atoms with Gasteiger partial charge in [-0.05, 0) is 0 Å². The molecule has 1 aliphatic heterocycles. The lowest BCUT2D eigenvalue weighted by atomic mass is 10.4. The summed E-state index contributed by atoms with van der Waals surface area (Å²) in [6.45, 7) is 7.70. The highest BCUT2D eigenvalue weighted by molar-refractivity contribution is 6.83. The minimum absolute atomic E-state index is 0.476. The molecule has 0 radical (unpaired) electrons. The average Bonchev–Trinajstić information content (AvgIpc) is 2.45. The summed E-state index contributed by atoms with van der Waals surface area (Å²) >= 11 is 0. The third-order valence-electron chi connectivity index (χ3n) is 1.20. The molecule has 0 saturated carbocycles. The zero-order valence-electron chi connectivity index (χ0n) is 6.90. The number of ether oxygens (including phenoxy) is 1. The monoisotopic (exact) mass is 154 g/mol. The van der Waals surface area contributed by atoms with Crippen molar-refractivity contribution in [1.29, 1.82) is 0 Å². The lowest BCUT2D eigenvalue weighted by Crippen LogP contribution is -2.16. The highest BCUT2D eigenvalue weighted by atomic mass is 28.3. The van der Waals surface area contributed by atoms with Crippen LogP contribution < -0.4 is 0 Å². The molecule has 0 bridgehead atoms. The second-order valence-corrected chi connectivity index (χ2v) is 8.46. The van der Waals surface area contributed by atoms with E-state index in [1.807, 2.05) is 0 Å². The summed E-state index contributed by atoms with van der Waals surface area (Å²) < 4.78 is 5.04. The molecule has 2 heteroatoms. The Bertz CT molecular complexity index is 166. The fourth-order valence-corrected chi connectivity index (χ4v) is 1.25. The van der Waals surface area contributed by atoms with Crippen LogP contribution >= 0.6 is 0 Å². The highest BCUT2D eigenvalue weighted by Crippen LogP contribution is 2.12. The molecule has 0 aromatic carbocycles. The molecule has 1 rings (SSSR count). The number of hydrogen-bond donors (Lipinski definition) is 0. The Morgan fingerprint density at radius 3 is 2.50 bits per heavy atom. The molecule has 1 saturated heterocycles. The van der Waals surface area contributed by atoms with Gasteiger partial charge in [0, 0.05) is 6.42 Å². The number of rotatable bonds is 1. The summed E-state index contributed by atoms with van der Waals surface area (Å²) in [5.74, 6) is 3.17. The third kappa shape index (κ3) is 3.70. The zero-order valence-corrected chi connectivity index (χ0v) is 7.90. The van der Waals surface area contributed by atoms with E-state index in [2.05, 4.69) is 31.1 Å². The Hall–Kier alpha value is -0.263. The summed E-state index contributed by atoms with van der Waals surface area (Å²) in [5, 5.41) is 0. The van der Waals surface area contributed by atoms with E-state index in [-0.39, 0.29) is 0 Å². The van der Waals surface area contributed by atoms with Gasteiger partial charge < -0.3 is 4.74 Å². The Morgan fingerprint density at radius 1 is 1.50 bits per heavy atom. The van der Waals surface area contributed by atoms with Gasteiger partial charge in [-0.1, -0.05) is 19.6 Å². The first-order valence-corrected chi connectivity index (χ1v) is 7.19. The van der Waals surface area contributed by atoms with E-state index in [4.69, 9.17) is 4.74 Å². The van der Waals surface area contributed by atoms with Crippen LogP contribution in [-0.4, -0.2) is 20.8 Å². The van der Waals surface area contributed by atoms with Crippen molar-refractivity contribution >= 4 is 8.07 Å². The van der Waals surface area contributed by atoms with Crippen molar-refractivity contribution in [2.24, 2.45) is 0 Å². The van der Waals surface area contributed by atoms with Crippen molar-refractivity contribution in [2.45, 2.75) is 32.2 Å². The van der Waals surface area contributed by atoms with Crippen molar-refractivity contribution < 1.29 is 4.74 Å². The molecule has 0 amide bonds. The lowest BCUT2D eigenvalue weighted by Gasteiger charge is -2.02. The summed E-state index contributed by atoms with van der Waals surface area (Å²) in [5.41, 5.74) is 3.30. The molecule has 1 heterocycles. The third-order valence-corrected chi connectivity index (χ3v) is 2.12. The maximum atomic E-state index is 5.04. The summed E-state index contributed by atoms with van der Waals surface area (Å²) in [6, 6.07) is 0. The average molecular weight is 154 g/mol. The maximum Gasteiger partial charge on any atom is 0.129 e.